The molecule has 11 heteroatoms. The zero-order chi connectivity index (χ0) is 23.6. The number of rotatable bonds is 6. The van der Waals surface area contributed by atoms with Crippen LogP contribution in [0.3, 0.4) is 0 Å². The summed E-state index contributed by atoms with van der Waals surface area (Å²) in [6, 6.07) is 11.1. The van der Waals surface area contributed by atoms with Crippen molar-refractivity contribution in [2.75, 3.05) is 26.2 Å². The molecule has 1 atom stereocenters. The Kier molecular flexibility index (Phi) is 6.54. The largest absolute Gasteiger partial charge is 0.339 e. The zero-order valence-corrected chi connectivity index (χ0v) is 18.8. The Bertz CT molecular complexity index is 1340. The first-order valence-electron chi connectivity index (χ1n) is 10.5. The maximum atomic E-state index is 13.9. The van der Waals surface area contributed by atoms with E-state index in [1.54, 1.807) is 23.1 Å². The van der Waals surface area contributed by atoms with Crippen LogP contribution in [0, 0.1) is 5.82 Å². The molecule has 0 spiro atoms. The van der Waals surface area contributed by atoms with Crippen LogP contribution in [0.4, 0.5) is 4.39 Å². The molecule has 0 bridgehead atoms. The van der Waals surface area contributed by atoms with Crippen molar-refractivity contribution >= 4 is 26.8 Å². The Labute approximate surface area is 190 Å². The number of benzene rings is 2. The van der Waals surface area contributed by atoms with Crippen LogP contribution in [-0.4, -0.2) is 66.3 Å². The van der Waals surface area contributed by atoms with Crippen LogP contribution >= 0.6 is 0 Å². The lowest BCUT2D eigenvalue weighted by atomic mass is 10.2. The number of nitrogens with zero attached hydrogens (tertiary/aromatic N) is 3. The lowest BCUT2D eigenvalue weighted by Crippen LogP contribution is -2.54. The normalized spacial score (nSPS) is 16.1. The maximum absolute atomic E-state index is 13.9. The SMILES string of the molecule is C[C@@H](NS(=O)(=O)c1ccccc1F)C(=O)N1CCN(Cc2nc3ccccc3c(=O)[nH]2)CC1. The summed E-state index contributed by atoms with van der Waals surface area (Å²) in [6.45, 7) is 3.73. The summed E-state index contributed by atoms with van der Waals surface area (Å²) in [7, 11) is -4.17. The Morgan fingerprint density at radius 1 is 1.12 bits per heavy atom. The molecule has 0 aliphatic carbocycles. The van der Waals surface area contributed by atoms with Gasteiger partial charge in [-0.25, -0.2) is 17.8 Å². The van der Waals surface area contributed by atoms with Crippen LogP contribution in [0.1, 0.15) is 12.7 Å². The minimum atomic E-state index is -4.17. The monoisotopic (exact) mass is 473 g/mol. The molecule has 4 rings (SSSR count). The highest BCUT2D eigenvalue weighted by Gasteiger charge is 2.29. The van der Waals surface area contributed by atoms with Gasteiger partial charge in [0.25, 0.3) is 5.56 Å². The fraction of sp³-hybridized carbons (Fsp3) is 0.318. The van der Waals surface area contributed by atoms with Crippen molar-refractivity contribution in [1.29, 1.82) is 0 Å². The standard InChI is InChI=1S/C22H24FN5O4S/c1-15(26-33(31,32)19-9-5-3-7-17(19)23)22(30)28-12-10-27(11-13-28)14-20-24-18-8-4-2-6-16(18)21(29)25-20/h2-9,15,26H,10-14H2,1H3,(H,24,25,29)/t15-/m1/s1. The highest BCUT2D eigenvalue weighted by atomic mass is 32.2. The summed E-state index contributed by atoms with van der Waals surface area (Å²) < 4.78 is 41.1. The second-order valence-corrected chi connectivity index (χ2v) is 9.59. The van der Waals surface area contributed by atoms with Gasteiger partial charge in [0.05, 0.1) is 23.5 Å². The number of hydrogen-bond acceptors (Lipinski definition) is 6. The number of halogens is 1. The Balaban J connectivity index is 1.35. The molecule has 1 aliphatic rings. The van der Waals surface area contributed by atoms with E-state index in [4.69, 9.17) is 0 Å². The Morgan fingerprint density at radius 3 is 2.52 bits per heavy atom. The van der Waals surface area contributed by atoms with Gasteiger partial charge < -0.3 is 9.88 Å². The Hall–Kier alpha value is -3.15. The van der Waals surface area contributed by atoms with E-state index >= 15 is 0 Å². The topological polar surface area (TPSA) is 115 Å². The number of nitrogens with one attached hydrogen (secondary N) is 2. The van der Waals surface area contributed by atoms with Crippen molar-refractivity contribution in [1.82, 2.24) is 24.5 Å². The van der Waals surface area contributed by atoms with Crippen LogP contribution in [0.2, 0.25) is 0 Å². The number of piperazine rings is 1. The number of sulfonamides is 1. The van der Waals surface area contributed by atoms with E-state index in [0.717, 1.165) is 12.1 Å². The van der Waals surface area contributed by atoms with E-state index in [1.807, 2.05) is 6.07 Å². The molecule has 1 fully saturated rings. The number of H-pyrrole nitrogens is 1. The van der Waals surface area contributed by atoms with Gasteiger partial charge in [0, 0.05) is 26.2 Å². The molecule has 0 unspecified atom stereocenters. The number of carbonyl (C=O) groups excluding carboxylic acids is 1. The third kappa shape index (κ3) is 5.10. The molecule has 9 nitrogen and oxygen atoms in total. The number of hydrogen-bond donors (Lipinski definition) is 2. The zero-order valence-electron chi connectivity index (χ0n) is 18.0. The van der Waals surface area contributed by atoms with E-state index in [-0.39, 0.29) is 11.5 Å². The molecule has 1 aliphatic heterocycles. The Morgan fingerprint density at radius 2 is 1.79 bits per heavy atom. The van der Waals surface area contributed by atoms with Crippen LogP contribution in [0.25, 0.3) is 10.9 Å². The number of para-hydroxylation sites is 1. The smallest absolute Gasteiger partial charge is 0.258 e. The number of fused-ring (bicyclic) bond motifs is 1. The van der Waals surface area contributed by atoms with E-state index in [9.17, 15) is 22.4 Å². The minimum Gasteiger partial charge on any atom is -0.339 e. The maximum Gasteiger partial charge on any atom is 0.258 e. The van der Waals surface area contributed by atoms with Crippen molar-refractivity contribution in [3.8, 4) is 0 Å². The number of carbonyl (C=O) groups is 1. The van der Waals surface area contributed by atoms with E-state index in [0.29, 0.717) is 49.5 Å². The van der Waals surface area contributed by atoms with Gasteiger partial charge in [0.15, 0.2) is 0 Å². The average Bonchev–Trinajstić information content (AvgIpc) is 2.79. The first kappa shape index (κ1) is 23.0. The highest BCUT2D eigenvalue weighted by Crippen LogP contribution is 2.15. The predicted octanol–water partition coefficient (Wildman–Crippen LogP) is 1.07. The average molecular weight is 474 g/mol. The molecule has 0 radical (unpaired) electrons. The van der Waals surface area contributed by atoms with Gasteiger partial charge in [-0.1, -0.05) is 24.3 Å². The van der Waals surface area contributed by atoms with Crippen LogP contribution in [0.5, 0.6) is 0 Å². The lowest BCUT2D eigenvalue weighted by molar-refractivity contribution is -0.134. The van der Waals surface area contributed by atoms with Crippen molar-refractivity contribution in [3.63, 3.8) is 0 Å². The molecular formula is C22H24FN5O4S. The second-order valence-electron chi connectivity index (χ2n) is 7.90. The number of aromatic nitrogens is 2. The second kappa shape index (κ2) is 9.38. The van der Waals surface area contributed by atoms with Crippen molar-refractivity contribution in [3.05, 3.63) is 70.5 Å². The van der Waals surface area contributed by atoms with Gasteiger partial charge in [-0.3, -0.25) is 14.5 Å². The fourth-order valence-corrected chi connectivity index (χ4v) is 5.11. The molecule has 174 valence electrons. The van der Waals surface area contributed by atoms with Gasteiger partial charge in [0.2, 0.25) is 15.9 Å². The summed E-state index contributed by atoms with van der Waals surface area (Å²) in [5.41, 5.74) is 0.432. The number of aromatic amines is 1. The van der Waals surface area contributed by atoms with Crippen LogP contribution < -0.4 is 10.3 Å². The van der Waals surface area contributed by atoms with E-state index in [2.05, 4.69) is 19.6 Å². The molecule has 1 aromatic heterocycles. The first-order valence-corrected chi connectivity index (χ1v) is 12.0. The van der Waals surface area contributed by atoms with Gasteiger partial charge in [-0.2, -0.15) is 4.72 Å². The van der Waals surface area contributed by atoms with E-state index < -0.39 is 26.8 Å². The summed E-state index contributed by atoms with van der Waals surface area (Å²) in [5, 5.41) is 0.531. The summed E-state index contributed by atoms with van der Waals surface area (Å²) in [5.74, 6) is -0.713. The predicted molar refractivity (Wildman–Crippen MR) is 120 cm³/mol. The quantitative estimate of drug-likeness (QED) is 0.554. The molecule has 2 heterocycles. The molecule has 33 heavy (non-hydrogen) atoms. The molecule has 3 aromatic rings. The van der Waals surface area contributed by atoms with Crippen LogP contribution in [-0.2, 0) is 21.4 Å². The summed E-state index contributed by atoms with van der Waals surface area (Å²) in [4.78, 5) is 35.5. The van der Waals surface area contributed by atoms with Crippen molar-refractivity contribution in [2.24, 2.45) is 0 Å². The van der Waals surface area contributed by atoms with Gasteiger partial charge >= 0.3 is 0 Å². The molecule has 0 saturated carbocycles. The van der Waals surface area contributed by atoms with Crippen molar-refractivity contribution < 1.29 is 17.6 Å². The first-order chi connectivity index (χ1) is 15.7. The van der Waals surface area contributed by atoms with E-state index in [1.165, 1.54) is 19.1 Å². The minimum absolute atomic E-state index is 0.194. The molecule has 1 amide bonds. The molecule has 2 N–H and O–H groups in total. The number of amides is 1. The summed E-state index contributed by atoms with van der Waals surface area (Å²) >= 11 is 0. The summed E-state index contributed by atoms with van der Waals surface area (Å²) in [6.07, 6.45) is 0. The third-order valence-corrected chi connectivity index (χ3v) is 7.12. The fourth-order valence-electron chi connectivity index (χ4n) is 3.83. The van der Waals surface area contributed by atoms with Gasteiger partial charge in [-0.05, 0) is 31.2 Å². The highest BCUT2D eigenvalue weighted by molar-refractivity contribution is 7.89. The van der Waals surface area contributed by atoms with Gasteiger partial charge in [-0.15, -0.1) is 0 Å². The molecular weight excluding hydrogens is 449 g/mol. The third-order valence-electron chi connectivity index (χ3n) is 5.55. The van der Waals surface area contributed by atoms with Crippen molar-refractivity contribution in [2.45, 2.75) is 24.4 Å². The lowest BCUT2D eigenvalue weighted by Gasteiger charge is -2.35. The molecule has 2 aromatic carbocycles. The van der Waals surface area contributed by atoms with Gasteiger partial charge in [0.1, 0.15) is 16.5 Å². The molecule has 1 saturated heterocycles. The van der Waals surface area contributed by atoms with Crippen LogP contribution in [0.15, 0.2) is 58.2 Å².